The zero-order valence-electron chi connectivity index (χ0n) is 9.23. The molecule has 3 rings (SSSR count). The lowest BCUT2D eigenvalue weighted by molar-refractivity contribution is -0.135. The van der Waals surface area contributed by atoms with Crippen LogP contribution in [0.5, 0.6) is 0 Å². The minimum atomic E-state index is -0.506. The van der Waals surface area contributed by atoms with Gasteiger partial charge >= 0.3 is 0 Å². The predicted octanol–water partition coefficient (Wildman–Crippen LogP) is 0.484. The van der Waals surface area contributed by atoms with Crippen molar-refractivity contribution >= 4 is 5.91 Å². The smallest absolute Gasteiger partial charge is 0.241 e. The summed E-state index contributed by atoms with van der Waals surface area (Å²) in [6.45, 7) is 4.59. The molecule has 1 saturated carbocycles. The monoisotopic (exact) mass is 207 g/mol. The van der Waals surface area contributed by atoms with Crippen LogP contribution in [-0.2, 0) is 4.79 Å². The number of carbonyl (C=O) groups excluding carboxylic acids is 1. The van der Waals surface area contributed by atoms with Gasteiger partial charge in [0, 0.05) is 6.54 Å². The fraction of sp³-hybridized carbons (Fsp3) is 0.818. The van der Waals surface area contributed by atoms with Crippen molar-refractivity contribution in [2.24, 2.45) is 17.6 Å². The molecule has 15 heavy (non-hydrogen) atoms. The lowest BCUT2D eigenvalue weighted by Crippen LogP contribution is -2.53. The Morgan fingerprint density at radius 2 is 2.20 bits per heavy atom. The summed E-state index contributed by atoms with van der Waals surface area (Å²) in [5.41, 5.74) is 5.33. The molecule has 4 heteroatoms. The van der Waals surface area contributed by atoms with Gasteiger partial charge in [-0.1, -0.05) is 13.8 Å². The molecule has 1 amide bonds. The van der Waals surface area contributed by atoms with Crippen LogP contribution in [0.15, 0.2) is 0 Å². The van der Waals surface area contributed by atoms with Gasteiger partial charge in [0.15, 0.2) is 0 Å². The standard InChI is InChI=1S/C11H17N3O/c1-7(2)9(13)10(15)14-5-8-3-11(14,4-8)6-12/h7-9H,3-5,13H2,1-2H3/t8?,9-,11?/m0/s1. The van der Waals surface area contributed by atoms with Crippen LogP contribution in [0.2, 0.25) is 0 Å². The number of nitrogens with two attached hydrogens (primary N) is 1. The van der Waals surface area contributed by atoms with Gasteiger partial charge in [0.1, 0.15) is 5.54 Å². The maximum absolute atomic E-state index is 12.0. The van der Waals surface area contributed by atoms with Gasteiger partial charge in [0.25, 0.3) is 0 Å². The zero-order chi connectivity index (χ0) is 11.2. The first-order chi connectivity index (χ1) is 7.00. The highest BCUT2D eigenvalue weighted by Crippen LogP contribution is 2.50. The Morgan fingerprint density at radius 3 is 2.67 bits per heavy atom. The predicted molar refractivity (Wildman–Crippen MR) is 55.6 cm³/mol. The number of hydrogen-bond acceptors (Lipinski definition) is 3. The summed E-state index contributed by atoms with van der Waals surface area (Å²) in [4.78, 5) is 13.7. The molecule has 82 valence electrons. The molecule has 1 aliphatic carbocycles. The van der Waals surface area contributed by atoms with Crippen LogP contribution in [0, 0.1) is 23.2 Å². The van der Waals surface area contributed by atoms with Crippen molar-refractivity contribution in [3.05, 3.63) is 0 Å². The van der Waals surface area contributed by atoms with Gasteiger partial charge in [0.2, 0.25) is 5.91 Å². The van der Waals surface area contributed by atoms with E-state index in [1.165, 1.54) is 0 Å². The Labute approximate surface area is 90.0 Å². The number of hydrogen-bond donors (Lipinski definition) is 1. The van der Waals surface area contributed by atoms with Crippen molar-refractivity contribution in [1.29, 1.82) is 5.26 Å². The van der Waals surface area contributed by atoms with E-state index < -0.39 is 11.6 Å². The quantitative estimate of drug-likeness (QED) is 0.716. The summed E-state index contributed by atoms with van der Waals surface area (Å²) in [7, 11) is 0. The van der Waals surface area contributed by atoms with Crippen LogP contribution >= 0.6 is 0 Å². The van der Waals surface area contributed by atoms with Gasteiger partial charge in [-0.15, -0.1) is 0 Å². The molecule has 0 aromatic heterocycles. The van der Waals surface area contributed by atoms with Gasteiger partial charge in [-0.3, -0.25) is 4.79 Å². The van der Waals surface area contributed by atoms with Gasteiger partial charge in [-0.25, -0.2) is 0 Å². The second-order valence-electron chi connectivity index (χ2n) is 5.14. The molecule has 0 unspecified atom stereocenters. The maximum atomic E-state index is 12.0. The topological polar surface area (TPSA) is 70.1 Å². The van der Waals surface area contributed by atoms with E-state index in [0.29, 0.717) is 5.92 Å². The number of carbonyl (C=O) groups is 1. The van der Waals surface area contributed by atoms with E-state index in [0.717, 1.165) is 19.4 Å². The zero-order valence-corrected chi connectivity index (χ0v) is 9.23. The molecule has 3 fully saturated rings. The Morgan fingerprint density at radius 1 is 1.60 bits per heavy atom. The molecule has 2 saturated heterocycles. The van der Waals surface area contributed by atoms with Crippen LogP contribution in [0.25, 0.3) is 0 Å². The van der Waals surface area contributed by atoms with Gasteiger partial charge in [-0.2, -0.15) is 5.26 Å². The molecule has 0 spiro atoms. The number of fused-ring (bicyclic) bond motifs is 1. The van der Waals surface area contributed by atoms with Gasteiger partial charge in [-0.05, 0) is 24.7 Å². The first kappa shape index (κ1) is 10.4. The molecule has 0 aromatic rings. The van der Waals surface area contributed by atoms with Crippen molar-refractivity contribution in [1.82, 2.24) is 4.90 Å². The maximum Gasteiger partial charge on any atom is 0.241 e. The Balaban J connectivity index is 2.13. The van der Waals surface area contributed by atoms with E-state index >= 15 is 0 Å². The largest absolute Gasteiger partial charge is 0.322 e. The van der Waals surface area contributed by atoms with Crippen LogP contribution in [0.3, 0.4) is 0 Å². The summed E-state index contributed by atoms with van der Waals surface area (Å²) >= 11 is 0. The minimum Gasteiger partial charge on any atom is -0.322 e. The normalized spacial score (nSPS) is 34.9. The van der Waals surface area contributed by atoms with E-state index in [9.17, 15) is 4.79 Å². The Kier molecular flexibility index (Phi) is 2.23. The molecule has 2 aliphatic heterocycles. The van der Waals surface area contributed by atoms with Crippen LogP contribution in [0.1, 0.15) is 26.7 Å². The van der Waals surface area contributed by atoms with E-state index in [-0.39, 0.29) is 11.8 Å². The molecule has 0 radical (unpaired) electrons. The number of amides is 1. The van der Waals surface area contributed by atoms with E-state index in [4.69, 9.17) is 11.0 Å². The SMILES string of the molecule is CC(C)[C@H](N)C(=O)N1CC2CC1(C#N)C2. The highest BCUT2D eigenvalue weighted by Gasteiger charge is 2.58. The Bertz CT molecular complexity index is 325. The summed E-state index contributed by atoms with van der Waals surface area (Å²) in [5.74, 6) is 0.616. The van der Waals surface area contributed by atoms with Crippen LogP contribution in [0.4, 0.5) is 0 Å². The average molecular weight is 207 g/mol. The fourth-order valence-corrected chi connectivity index (χ4v) is 2.60. The first-order valence-corrected chi connectivity index (χ1v) is 5.48. The number of nitriles is 1. The molecule has 0 aromatic carbocycles. The minimum absolute atomic E-state index is 0.0495. The Hall–Kier alpha value is -1.08. The molecule has 1 atom stereocenters. The highest BCUT2D eigenvalue weighted by molar-refractivity contribution is 5.84. The lowest BCUT2D eigenvalue weighted by Gasteiger charge is -2.36. The third-order valence-electron chi connectivity index (χ3n) is 3.69. The second-order valence-corrected chi connectivity index (χ2v) is 5.14. The van der Waals surface area contributed by atoms with E-state index in [2.05, 4.69) is 6.07 Å². The molecule has 2 N–H and O–H groups in total. The van der Waals surface area contributed by atoms with Crippen molar-refractivity contribution < 1.29 is 4.79 Å². The molecular weight excluding hydrogens is 190 g/mol. The van der Waals surface area contributed by atoms with Crippen molar-refractivity contribution in [3.63, 3.8) is 0 Å². The molecule has 4 nitrogen and oxygen atoms in total. The number of rotatable bonds is 2. The van der Waals surface area contributed by atoms with Crippen molar-refractivity contribution in [2.45, 2.75) is 38.3 Å². The van der Waals surface area contributed by atoms with E-state index in [1.54, 1.807) is 4.90 Å². The molecule has 2 bridgehead atoms. The van der Waals surface area contributed by atoms with Crippen LogP contribution in [-0.4, -0.2) is 28.9 Å². The number of nitrogens with zero attached hydrogens (tertiary/aromatic N) is 2. The lowest BCUT2D eigenvalue weighted by atomic mass is 9.74. The first-order valence-electron chi connectivity index (χ1n) is 5.48. The summed E-state index contributed by atoms with van der Waals surface area (Å²) in [6.07, 6.45) is 1.69. The highest BCUT2D eigenvalue weighted by atomic mass is 16.2. The molecule has 3 aliphatic rings. The van der Waals surface area contributed by atoms with Gasteiger partial charge < -0.3 is 10.6 Å². The van der Waals surface area contributed by atoms with Crippen molar-refractivity contribution in [3.8, 4) is 6.07 Å². The second kappa shape index (κ2) is 3.21. The van der Waals surface area contributed by atoms with Crippen LogP contribution < -0.4 is 5.73 Å². The van der Waals surface area contributed by atoms with Crippen molar-refractivity contribution in [2.75, 3.05) is 6.54 Å². The summed E-state index contributed by atoms with van der Waals surface area (Å²) < 4.78 is 0. The summed E-state index contributed by atoms with van der Waals surface area (Å²) in [6, 6.07) is 1.82. The third kappa shape index (κ3) is 1.34. The van der Waals surface area contributed by atoms with Gasteiger partial charge in [0.05, 0.1) is 12.1 Å². The molecular formula is C11H17N3O. The molecule has 2 heterocycles. The average Bonchev–Trinajstić information content (AvgIpc) is 2.68. The van der Waals surface area contributed by atoms with E-state index in [1.807, 2.05) is 13.8 Å². The fourth-order valence-electron chi connectivity index (χ4n) is 2.60. The summed E-state index contributed by atoms with van der Waals surface area (Å²) in [5, 5.41) is 9.12. The third-order valence-corrected chi connectivity index (χ3v) is 3.69.